The maximum Gasteiger partial charge on any atom is 0.238 e. The van der Waals surface area contributed by atoms with Gasteiger partial charge in [-0.25, -0.2) is 13.6 Å². The third-order valence-corrected chi connectivity index (χ3v) is 4.83. The Hall–Kier alpha value is -1.95. The van der Waals surface area contributed by atoms with Crippen LogP contribution in [0.25, 0.3) is 0 Å². The molecule has 0 saturated heterocycles. The molecule has 0 spiro atoms. The van der Waals surface area contributed by atoms with E-state index in [0.29, 0.717) is 24.0 Å². The van der Waals surface area contributed by atoms with Crippen LogP contribution in [0.4, 0.5) is 5.69 Å². The Morgan fingerprint density at radius 2 is 2.08 bits per heavy atom. The summed E-state index contributed by atoms with van der Waals surface area (Å²) >= 11 is 1.24. The summed E-state index contributed by atoms with van der Waals surface area (Å²) in [5, 5.41) is 16.1. The second kappa shape index (κ2) is 8.24. The summed E-state index contributed by atoms with van der Waals surface area (Å²) in [4.78, 5) is 11.9. The van der Waals surface area contributed by atoms with Crippen LogP contribution in [0.1, 0.15) is 0 Å². The molecule has 3 N–H and O–H groups in total. The Morgan fingerprint density at radius 3 is 2.71 bits per heavy atom. The van der Waals surface area contributed by atoms with Gasteiger partial charge >= 0.3 is 0 Å². The minimum absolute atomic E-state index is 0.0129. The highest BCUT2D eigenvalue weighted by Gasteiger charge is 2.10. The van der Waals surface area contributed by atoms with Crippen LogP contribution >= 0.6 is 11.8 Å². The zero-order valence-corrected chi connectivity index (χ0v) is 14.5. The molecule has 1 heterocycles. The van der Waals surface area contributed by atoms with Gasteiger partial charge in [0.2, 0.25) is 15.9 Å². The molecular weight excluding hydrogens is 354 g/mol. The number of primary sulfonamides is 1. The Balaban J connectivity index is 1.89. The Kier molecular flexibility index (Phi) is 6.31. The first-order valence-corrected chi connectivity index (χ1v) is 9.35. The predicted molar refractivity (Wildman–Crippen MR) is 89.1 cm³/mol. The third-order valence-electron chi connectivity index (χ3n) is 2.92. The molecule has 1 amide bonds. The topological polar surface area (TPSA) is 129 Å². The van der Waals surface area contributed by atoms with Crippen molar-refractivity contribution in [2.75, 3.05) is 24.8 Å². The van der Waals surface area contributed by atoms with E-state index in [9.17, 15) is 13.2 Å². The Labute approximate surface area is 143 Å². The lowest BCUT2D eigenvalue weighted by Gasteiger charge is -2.07. The maximum atomic E-state index is 12.0. The van der Waals surface area contributed by atoms with E-state index in [1.54, 1.807) is 18.0 Å². The fourth-order valence-electron chi connectivity index (χ4n) is 1.75. The van der Waals surface area contributed by atoms with Crippen LogP contribution < -0.4 is 10.5 Å². The lowest BCUT2D eigenvalue weighted by atomic mass is 10.3. The van der Waals surface area contributed by atoms with Crippen molar-refractivity contribution in [3.8, 4) is 0 Å². The molecule has 0 fully saturated rings. The maximum absolute atomic E-state index is 12.0. The Bertz CT molecular complexity index is 789. The molecule has 2 aromatic rings. The predicted octanol–water partition coefficient (Wildman–Crippen LogP) is 0.303. The summed E-state index contributed by atoms with van der Waals surface area (Å²) in [6.07, 6.45) is 1.57. The van der Waals surface area contributed by atoms with Gasteiger partial charge in [-0.2, -0.15) is 0 Å². The molecule has 0 unspecified atom stereocenters. The van der Waals surface area contributed by atoms with Crippen LogP contribution in [0.5, 0.6) is 0 Å². The van der Waals surface area contributed by atoms with Gasteiger partial charge in [0.05, 0.1) is 17.3 Å². The molecule has 1 aromatic heterocycles. The minimum atomic E-state index is -3.75. The van der Waals surface area contributed by atoms with Crippen molar-refractivity contribution in [2.24, 2.45) is 5.14 Å². The molecule has 9 nitrogen and oxygen atoms in total. The molecular formula is C13H17N5O4S2. The number of anilines is 1. The van der Waals surface area contributed by atoms with E-state index in [-0.39, 0.29) is 16.6 Å². The van der Waals surface area contributed by atoms with Crippen molar-refractivity contribution in [2.45, 2.75) is 16.6 Å². The number of rotatable bonds is 8. The molecule has 0 aliphatic heterocycles. The van der Waals surface area contributed by atoms with Crippen molar-refractivity contribution in [3.05, 3.63) is 30.6 Å². The van der Waals surface area contributed by atoms with Crippen LogP contribution in [0, 0.1) is 0 Å². The van der Waals surface area contributed by atoms with Crippen LogP contribution in [-0.4, -0.2) is 48.6 Å². The van der Waals surface area contributed by atoms with Gasteiger partial charge in [-0.15, -0.1) is 10.2 Å². The van der Waals surface area contributed by atoms with E-state index in [0.717, 1.165) is 0 Å². The van der Waals surface area contributed by atoms with Gasteiger partial charge in [-0.1, -0.05) is 11.8 Å². The zero-order valence-electron chi connectivity index (χ0n) is 12.9. The van der Waals surface area contributed by atoms with Gasteiger partial charge in [0.25, 0.3) is 0 Å². The molecule has 0 aliphatic rings. The van der Waals surface area contributed by atoms with Crippen molar-refractivity contribution in [1.82, 2.24) is 14.8 Å². The number of amides is 1. The van der Waals surface area contributed by atoms with Gasteiger partial charge in [-0.3, -0.25) is 4.79 Å². The summed E-state index contributed by atoms with van der Waals surface area (Å²) in [6.45, 7) is 1.12. The number of nitrogens with zero attached hydrogens (tertiary/aromatic N) is 3. The highest BCUT2D eigenvalue weighted by atomic mass is 32.2. The second-order valence-corrected chi connectivity index (χ2v) is 7.21. The highest BCUT2D eigenvalue weighted by molar-refractivity contribution is 7.99. The van der Waals surface area contributed by atoms with E-state index in [4.69, 9.17) is 9.88 Å². The van der Waals surface area contributed by atoms with Crippen LogP contribution in [0.15, 0.2) is 40.6 Å². The first-order chi connectivity index (χ1) is 11.4. The van der Waals surface area contributed by atoms with E-state index in [1.165, 1.54) is 36.0 Å². The van der Waals surface area contributed by atoms with E-state index in [2.05, 4.69) is 15.5 Å². The lowest BCUT2D eigenvalue weighted by Crippen LogP contribution is -2.15. The number of nitrogens with one attached hydrogen (secondary N) is 1. The van der Waals surface area contributed by atoms with Gasteiger partial charge in [0, 0.05) is 19.3 Å². The van der Waals surface area contributed by atoms with Gasteiger partial charge in [0.15, 0.2) is 5.16 Å². The molecule has 0 aliphatic carbocycles. The molecule has 2 rings (SSSR count). The lowest BCUT2D eigenvalue weighted by molar-refractivity contribution is -0.113. The first kappa shape index (κ1) is 18.4. The number of nitrogens with two attached hydrogens (primary N) is 1. The number of benzene rings is 1. The van der Waals surface area contributed by atoms with Gasteiger partial charge < -0.3 is 14.6 Å². The summed E-state index contributed by atoms with van der Waals surface area (Å²) in [7, 11) is -2.14. The van der Waals surface area contributed by atoms with E-state index < -0.39 is 10.0 Å². The quantitative estimate of drug-likeness (QED) is 0.639. The number of hydrogen-bond donors (Lipinski definition) is 2. The molecule has 0 radical (unpaired) electrons. The van der Waals surface area contributed by atoms with Crippen LogP contribution in [0.3, 0.4) is 0 Å². The summed E-state index contributed by atoms with van der Waals surface area (Å²) in [6, 6.07) is 5.62. The molecule has 0 saturated carbocycles. The average molecular weight is 371 g/mol. The smallest absolute Gasteiger partial charge is 0.238 e. The number of hydrogen-bond acceptors (Lipinski definition) is 7. The third kappa shape index (κ3) is 5.30. The molecule has 11 heteroatoms. The van der Waals surface area contributed by atoms with Crippen molar-refractivity contribution in [3.63, 3.8) is 0 Å². The summed E-state index contributed by atoms with van der Waals surface area (Å²) in [5.41, 5.74) is 0.480. The molecule has 0 atom stereocenters. The molecule has 130 valence electrons. The second-order valence-electron chi connectivity index (χ2n) is 4.71. The normalized spacial score (nSPS) is 11.4. The summed E-state index contributed by atoms with van der Waals surface area (Å²) < 4.78 is 29.1. The standard InChI is InChI=1S/C13H17N5O4S2/c1-22-7-6-18-9-15-17-13(18)23-8-12(19)16-10-2-4-11(5-3-10)24(14,20)21/h2-5,9H,6-8H2,1H3,(H,16,19)(H2,14,20,21). The number of methoxy groups -OCH3 is 1. The highest BCUT2D eigenvalue weighted by Crippen LogP contribution is 2.16. The Morgan fingerprint density at radius 1 is 1.38 bits per heavy atom. The van der Waals surface area contributed by atoms with Crippen LogP contribution in [0.2, 0.25) is 0 Å². The van der Waals surface area contributed by atoms with Gasteiger partial charge in [-0.05, 0) is 24.3 Å². The number of aromatic nitrogens is 3. The first-order valence-electron chi connectivity index (χ1n) is 6.82. The number of sulfonamides is 1. The zero-order chi connectivity index (χ0) is 17.6. The van der Waals surface area contributed by atoms with Crippen molar-refractivity contribution < 1.29 is 17.9 Å². The largest absolute Gasteiger partial charge is 0.383 e. The number of ether oxygens (including phenoxy) is 1. The fraction of sp³-hybridized carbons (Fsp3) is 0.308. The van der Waals surface area contributed by atoms with Gasteiger partial charge in [0.1, 0.15) is 6.33 Å². The number of thioether (sulfide) groups is 1. The van der Waals surface area contributed by atoms with E-state index in [1.807, 2.05) is 0 Å². The minimum Gasteiger partial charge on any atom is -0.383 e. The molecule has 0 bridgehead atoms. The van der Waals surface area contributed by atoms with Crippen molar-refractivity contribution in [1.29, 1.82) is 0 Å². The number of carbonyl (C=O) groups is 1. The molecule has 1 aromatic carbocycles. The average Bonchev–Trinajstić information content (AvgIpc) is 2.98. The molecule has 24 heavy (non-hydrogen) atoms. The monoisotopic (exact) mass is 371 g/mol. The van der Waals surface area contributed by atoms with E-state index >= 15 is 0 Å². The fourth-order valence-corrected chi connectivity index (χ4v) is 3.01. The SMILES string of the molecule is COCCn1cnnc1SCC(=O)Nc1ccc(S(N)(=O)=O)cc1. The van der Waals surface area contributed by atoms with Crippen molar-refractivity contribution >= 4 is 33.4 Å². The summed E-state index contributed by atoms with van der Waals surface area (Å²) in [5.74, 6) is -0.104. The van der Waals surface area contributed by atoms with Crippen LogP contribution in [-0.2, 0) is 26.1 Å². The number of carbonyl (C=O) groups excluding carboxylic acids is 1.